The van der Waals surface area contributed by atoms with Gasteiger partial charge in [-0.1, -0.05) is 18.1 Å². The summed E-state index contributed by atoms with van der Waals surface area (Å²) >= 11 is 0. The van der Waals surface area contributed by atoms with E-state index in [0.717, 1.165) is 12.7 Å². The summed E-state index contributed by atoms with van der Waals surface area (Å²) in [5.74, 6) is 5.61. The Morgan fingerprint density at radius 3 is 2.77 bits per heavy atom. The summed E-state index contributed by atoms with van der Waals surface area (Å²) in [6.07, 6.45) is 6.48. The lowest BCUT2D eigenvalue weighted by Crippen LogP contribution is -2.43. The number of hydrogen-bond donors (Lipinski definition) is 1. The predicted octanol–water partition coefficient (Wildman–Crippen LogP) is 3.44. The Morgan fingerprint density at radius 1 is 1.09 bits per heavy atom. The Morgan fingerprint density at radius 2 is 1.94 bits per heavy atom. The first-order chi connectivity index (χ1) is 20.1. The van der Waals surface area contributed by atoms with Crippen molar-refractivity contribution < 1.29 is 15.8 Å². The number of fused-ring (bicyclic) bond motifs is 1. The third kappa shape index (κ3) is 5.40. The molecule has 5 rings (SSSR count). The maximum absolute atomic E-state index is 13.0. The number of anilines is 1. The number of imidazole rings is 1. The van der Waals surface area contributed by atoms with Gasteiger partial charge in [0, 0.05) is 73.3 Å². The Balaban J connectivity index is 1.33. The van der Waals surface area contributed by atoms with Crippen LogP contribution in [-0.4, -0.2) is 63.1 Å². The highest BCUT2D eigenvalue weighted by Gasteiger charge is 2.15. The fourth-order valence-corrected chi connectivity index (χ4v) is 3.52. The molecule has 7 nitrogen and oxygen atoms in total. The number of aromatic nitrogens is 3. The van der Waals surface area contributed by atoms with Crippen molar-refractivity contribution >= 4 is 17.2 Å². The zero-order valence-corrected chi connectivity index (χ0v) is 19.2. The summed E-state index contributed by atoms with van der Waals surface area (Å²) in [6, 6.07) is 12.0. The summed E-state index contributed by atoms with van der Waals surface area (Å²) in [6.45, 7) is -10.1. The standard InChI is InChI=1S/C28H28N6O/c1-21-15-25(8-7-23(21)20-33-13-11-32(2)12-14-33)31-28(35)24-16-22(17-29-18-24)6-9-26-19-30-27-5-3-4-10-34(26)27/h3-5,7-8,10,15-19H,11-14,20H2,1-2H3,(H,31,35)/i11D2,12D2,13D2,14D2. The number of amides is 1. The quantitative estimate of drug-likeness (QED) is 0.461. The van der Waals surface area contributed by atoms with E-state index in [1.54, 1.807) is 43.6 Å². The third-order valence-corrected chi connectivity index (χ3v) is 5.39. The Hall–Kier alpha value is -3.99. The lowest BCUT2D eigenvalue weighted by atomic mass is 10.1. The number of benzene rings is 1. The summed E-state index contributed by atoms with van der Waals surface area (Å²) in [7, 11) is 1.02. The van der Waals surface area contributed by atoms with E-state index in [4.69, 9.17) is 11.0 Å². The van der Waals surface area contributed by atoms with E-state index < -0.39 is 38.4 Å². The molecule has 7 heteroatoms. The zero-order valence-electron chi connectivity index (χ0n) is 27.2. The number of nitrogens with zero attached hydrogens (tertiary/aromatic N) is 5. The maximum Gasteiger partial charge on any atom is 0.257 e. The molecule has 1 aliphatic rings. The van der Waals surface area contributed by atoms with E-state index in [1.165, 1.54) is 6.20 Å². The fraction of sp³-hybridized carbons (Fsp3) is 0.250. The third-order valence-electron chi connectivity index (χ3n) is 5.39. The van der Waals surface area contributed by atoms with Crippen LogP contribution in [0.3, 0.4) is 0 Å². The van der Waals surface area contributed by atoms with Crippen molar-refractivity contribution in [3.8, 4) is 11.8 Å². The lowest BCUT2D eigenvalue weighted by molar-refractivity contribution is 0.102. The number of piperazine rings is 1. The van der Waals surface area contributed by atoms with Crippen molar-refractivity contribution in [1.29, 1.82) is 0 Å². The molecule has 3 aromatic heterocycles. The normalized spacial score (nSPS) is 23.6. The molecule has 0 aliphatic carbocycles. The van der Waals surface area contributed by atoms with Crippen LogP contribution < -0.4 is 5.32 Å². The van der Waals surface area contributed by atoms with Gasteiger partial charge < -0.3 is 10.2 Å². The number of aryl methyl sites for hydroxylation is 1. The van der Waals surface area contributed by atoms with Crippen LogP contribution in [0.15, 0.2) is 67.3 Å². The van der Waals surface area contributed by atoms with Gasteiger partial charge in [0.2, 0.25) is 0 Å². The van der Waals surface area contributed by atoms with Gasteiger partial charge >= 0.3 is 0 Å². The summed E-state index contributed by atoms with van der Waals surface area (Å²) in [5, 5.41) is 2.79. The Bertz CT molecular complexity index is 1750. The fourth-order valence-electron chi connectivity index (χ4n) is 3.52. The summed E-state index contributed by atoms with van der Waals surface area (Å²) in [5.41, 5.74) is 3.68. The van der Waals surface area contributed by atoms with Crippen LogP contribution in [0.1, 0.15) is 43.7 Å². The highest BCUT2D eigenvalue weighted by Crippen LogP contribution is 2.19. The Kier molecular flexibility index (Phi) is 4.36. The van der Waals surface area contributed by atoms with E-state index in [0.29, 0.717) is 37.9 Å². The SMILES string of the molecule is [2H]C1([2H])N(C)C([2H])([2H])C([2H])([2H])N(Cc2ccc(NC(=O)c3cncc(C#Cc4cnc5ccccn45)c3)cc2C)C1([2H])[2H]. The molecule has 1 saturated heterocycles. The number of pyridine rings is 2. The van der Waals surface area contributed by atoms with Crippen molar-refractivity contribution in [2.75, 3.05) is 38.4 Å². The van der Waals surface area contributed by atoms with Crippen LogP contribution in [0.5, 0.6) is 0 Å². The predicted molar refractivity (Wildman–Crippen MR) is 137 cm³/mol. The highest BCUT2D eigenvalue weighted by molar-refractivity contribution is 6.04. The van der Waals surface area contributed by atoms with Gasteiger partial charge in [-0.25, -0.2) is 4.98 Å². The number of carbonyl (C=O) groups excluding carboxylic acids is 1. The number of rotatable bonds is 4. The van der Waals surface area contributed by atoms with E-state index in [1.807, 2.05) is 28.8 Å². The molecule has 1 N–H and O–H groups in total. The van der Waals surface area contributed by atoms with Crippen molar-refractivity contribution in [3.63, 3.8) is 0 Å². The average molecular weight is 473 g/mol. The number of nitrogens with one attached hydrogen (secondary N) is 1. The van der Waals surface area contributed by atoms with E-state index in [9.17, 15) is 4.79 Å². The van der Waals surface area contributed by atoms with E-state index in [-0.39, 0.29) is 5.56 Å². The van der Waals surface area contributed by atoms with E-state index in [2.05, 4.69) is 27.1 Å². The molecule has 4 heterocycles. The van der Waals surface area contributed by atoms with Gasteiger partial charge in [-0.2, -0.15) is 0 Å². The first-order valence-corrected chi connectivity index (χ1v) is 10.9. The molecule has 0 bridgehead atoms. The first-order valence-electron chi connectivity index (χ1n) is 14.9. The number of carbonyl (C=O) groups is 1. The lowest BCUT2D eigenvalue weighted by Gasteiger charge is -2.32. The molecule has 0 saturated carbocycles. The number of hydrogen-bond acceptors (Lipinski definition) is 5. The molecular weight excluding hydrogens is 436 g/mol. The maximum atomic E-state index is 13.0. The second-order valence-electron chi connectivity index (χ2n) is 7.97. The first kappa shape index (κ1) is 15.1. The minimum atomic E-state index is -2.87. The summed E-state index contributed by atoms with van der Waals surface area (Å²) in [4.78, 5) is 22.5. The smallest absolute Gasteiger partial charge is 0.257 e. The molecule has 1 aromatic carbocycles. The molecule has 1 amide bonds. The molecule has 35 heavy (non-hydrogen) atoms. The van der Waals surface area contributed by atoms with Crippen LogP contribution in [0.2, 0.25) is 0 Å². The van der Waals surface area contributed by atoms with Gasteiger partial charge in [0.25, 0.3) is 5.91 Å². The minimum absolute atomic E-state index is 0.273. The molecule has 1 fully saturated rings. The van der Waals surface area contributed by atoms with Crippen molar-refractivity contribution in [2.45, 2.75) is 13.5 Å². The molecule has 0 unspecified atom stereocenters. The highest BCUT2D eigenvalue weighted by atomic mass is 16.1. The van der Waals surface area contributed by atoms with Crippen LogP contribution >= 0.6 is 0 Å². The topological polar surface area (TPSA) is 65.8 Å². The van der Waals surface area contributed by atoms with Gasteiger partial charge in [-0.15, -0.1) is 0 Å². The molecule has 4 aromatic rings. The van der Waals surface area contributed by atoms with Crippen LogP contribution in [0.4, 0.5) is 5.69 Å². The Labute approximate surface area is 216 Å². The van der Waals surface area contributed by atoms with Crippen LogP contribution in [0, 0.1) is 18.8 Å². The summed E-state index contributed by atoms with van der Waals surface area (Å²) < 4.78 is 68.4. The second kappa shape index (κ2) is 10.1. The van der Waals surface area contributed by atoms with Gasteiger partial charge in [0.15, 0.2) is 0 Å². The average Bonchev–Trinajstić information content (AvgIpc) is 3.37. The largest absolute Gasteiger partial charge is 0.322 e. The second-order valence-corrected chi connectivity index (χ2v) is 7.97. The molecule has 1 aliphatic heterocycles. The van der Waals surface area contributed by atoms with E-state index >= 15 is 0 Å². The molecule has 0 spiro atoms. The van der Waals surface area contributed by atoms with Gasteiger partial charge in [0.05, 0.1) is 11.8 Å². The number of likely N-dealkylation sites (N-methyl/N-ethyl adjacent to an activating group) is 1. The molecule has 176 valence electrons. The van der Waals surface area contributed by atoms with Crippen LogP contribution in [-0.2, 0) is 6.54 Å². The van der Waals surface area contributed by atoms with Gasteiger partial charge in [-0.3, -0.25) is 19.1 Å². The van der Waals surface area contributed by atoms with Crippen LogP contribution in [0.25, 0.3) is 5.65 Å². The molecule has 0 radical (unpaired) electrons. The monoisotopic (exact) mass is 472 g/mol. The van der Waals surface area contributed by atoms with Gasteiger partial charge in [0.1, 0.15) is 11.3 Å². The van der Waals surface area contributed by atoms with Crippen molar-refractivity contribution in [2.24, 2.45) is 0 Å². The minimum Gasteiger partial charge on any atom is -0.322 e. The van der Waals surface area contributed by atoms with Gasteiger partial charge in [-0.05, 0) is 61.4 Å². The molecular formula is C28H28N6O. The molecule has 0 atom stereocenters. The zero-order chi connectivity index (χ0) is 31.4. The van der Waals surface area contributed by atoms with Crippen molar-refractivity contribution in [1.82, 2.24) is 24.2 Å². The van der Waals surface area contributed by atoms with Crippen molar-refractivity contribution in [3.05, 3.63) is 95.2 Å².